The Balaban J connectivity index is 1.69. The molecule has 0 unspecified atom stereocenters. The molecule has 0 spiro atoms. The number of amides is 1. The van der Waals surface area contributed by atoms with Gasteiger partial charge in [0.25, 0.3) is 21.6 Å². The first kappa shape index (κ1) is 25.3. The van der Waals surface area contributed by atoms with Crippen molar-refractivity contribution in [1.29, 1.82) is 0 Å². The lowest BCUT2D eigenvalue weighted by Gasteiger charge is -2.26. The number of nitro groups is 1. The van der Waals surface area contributed by atoms with E-state index >= 15 is 0 Å². The van der Waals surface area contributed by atoms with Crippen LogP contribution < -0.4 is 9.73 Å². The summed E-state index contributed by atoms with van der Waals surface area (Å²) in [5.74, 6) is -0.674. The number of nitrogens with zero attached hydrogens (tertiary/aromatic N) is 3. The van der Waals surface area contributed by atoms with Gasteiger partial charge < -0.3 is 0 Å². The maximum absolute atomic E-state index is 13.7. The van der Waals surface area contributed by atoms with Crippen molar-refractivity contribution in [2.45, 2.75) is 11.4 Å². The lowest BCUT2D eigenvalue weighted by atomic mass is 10.1. The molecule has 0 saturated carbocycles. The molecule has 1 amide bonds. The molecule has 0 aliphatic heterocycles. The molecule has 0 fully saturated rings. The molecule has 0 aliphatic rings. The van der Waals surface area contributed by atoms with Gasteiger partial charge in [-0.15, -0.1) is 0 Å². The molecule has 0 atom stereocenters. The van der Waals surface area contributed by atoms with Gasteiger partial charge in [0.1, 0.15) is 0 Å². The topological polar surface area (TPSA) is 122 Å². The summed E-state index contributed by atoms with van der Waals surface area (Å²) in [5.41, 5.74) is 3.35. The quantitative estimate of drug-likeness (QED) is 0.196. The lowest BCUT2D eigenvalue weighted by Crippen LogP contribution is -2.33. The van der Waals surface area contributed by atoms with E-state index in [1.54, 1.807) is 66.7 Å². The number of para-hydroxylation sites is 2. The van der Waals surface area contributed by atoms with Gasteiger partial charge in [-0.25, -0.2) is 13.8 Å². The number of anilines is 1. The molecular formula is C27H22N4O5S. The summed E-state index contributed by atoms with van der Waals surface area (Å²) in [4.78, 5) is 23.9. The Morgan fingerprint density at radius 2 is 1.46 bits per heavy atom. The van der Waals surface area contributed by atoms with E-state index in [0.29, 0.717) is 0 Å². The van der Waals surface area contributed by atoms with E-state index in [9.17, 15) is 23.3 Å². The van der Waals surface area contributed by atoms with Gasteiger partial charge in [0.05, 0.1) is 39.4 Å². The smallest absolute Gasteiger partial charge is 0.267 e. The molecule has 4 rings (SSSR count). The Bertz CT molecular complexity index is 1540. The van der Waals surface area contributed by atoms with Crippen molar-refractivity contribution < 1.29 is 18.1 Å². The van der Waals surface area contributed by atoms with E-state index in [1.165, 1.54) is 46.9 Å². The summed E-state index contributed by atoms with van der Waals surface area (Å²) in [6, 6.07) is 29.2. The van der Waals surface area contributed by atoms with Crippen LogP contribution in [0.5, 0.6) is 0 Å². The predicted octanol–water partition coefficient (Wildman–Crippen LogP) is 4.75. The van der Waals surface area contributed by atoms with Crippen molar-refractivity contribution in [1.82, 2.24) is 5.43 Å². The first-order chi connectivity index (χ1) is 17.9. The van der Waals surface area contributed by atoms with E-state index in [1.807, 2.05) is 6.07 Å². The Labute approximate surface area is 213 Å². The zero-order chi connectivity index (χ0) is 26.3. The molecule has 4 aromatic rings. The number of rotatable bonds is 9. The van der Waals surface area contributed by atoms with Gasteiger partial charge in [0, 0.05) is 6.07 Å². The van der Waals surface area contributed by atoms with Crippen LogP contribution in [0.2, 0.25) is 0 Å². The molecule has 0 saturated heterocycles. The van der Waals surface area contributed by atoms with Gasteiger partial charge in [-0.1, -0.05) is 72.8 Å². The van der Waals surface area contributed by atoms with Crippen LogP contribution in [0.3, 0.4) is 0 Å². The maximum atomic E-state index is 13.7. The fourth-order valence-corrected chi connectivity index (χ4v) is 5.13. The molecule has 186 valence electrons. The summed E-state index contributed by atoms with van der Waals surface area (Å²) in [5, 5.41) is 15.1. The highest BCUT2D eigenvalue weighted by Crippen LogP contribution is 2.29. The van der Waals surface area contributed by atoms with E-state index in [-0.39, 0.29) is 33.9 Å². The normalized spacial score (nSPS) is 11.2. The van der Waals surface area contributed by atoms with Crippen molar-refractivity contribution >= 4 is 33.5 Å². The van der Waals surface area contributed by atoms with E-state index in [0.717, 1.165) is 5.56 Å². The van der Waals surface area contributed by atoms with Crippen LogP contribution in [0.4, 0.5) is 11.4 Å². The first-order valence-electron chi connectivity index (χ1n) is 11.2. The monoisotopic (exact) mass is 514 g/mol. The summed E-state index contributed by atoms with van der Waals surface area (Å²) in [6.45, 7) is -0.0121. The number of benzene rings is 4. The van der Waals surface area contributed by atoms with Crippen LogP contribution >= 0.6 is 0 Å². The number of carbonyl (C=O) groups is 1. The molecule has 10 heteroatoms. The fourth-order valence-electron chi connectivity index (χ4n) is 3.64. The average Bonchev–Trinajstić information content (AvgIpc) is 2.93. The Kier molecular flexibility index (Phi) is 7.70. The van der Waals surface area contributed by atoms with Crippen LogP contribution in [0, 0.1) is 10.1 Å². The largest absolute Gasteiger partial charge is 0.278 e. The second kappa shape index (κ2) is 11.3. The Morgan fingerprint density at radius 3 is 2.16 bits per heavy atom. The number of hydrogen-bond acceptors (Lipinski definition) is 6. The molecule has 0 heterocycles. The second-order valence-electron chi connectivity index (χ2n) is 7.84. The van der Waals surface area contributed by atoms with Gasteiger partial charge in [0.2, 0.25) is 0 Å². The summed E-state index contributed by atoms with van der Waals surface area (Å²) in [6.07, 6.45) is 1.17. The van der Waals surface area contributed by atoms with Crippen molar-refractivity contribution in [2.75, 3.05) is 4.31 Å². The van der Waals surface area contributed by atoms with Crippen molar-refractivity contribution in [3.05, 3.63) is 136 Å². The molecular weight excluding hydrogens is 492 g/mol. The SMILES string of the molecule is O=C(N/N=C\c1ccccc1[N+](=O)[O-])c1ccccc1N(Cc1ccccc1)S(=O)(=O)c1ccccc1. The summed E-state index contributed by atoms with van der Waals surface area (Å²) < 4.78 is 28.6. The zero-order valence-electron chi connectivity index (χ0n) is 19.5. The number of nitro benzene ring substituents is 1. The molecule has 0 aliphatic carbocycles. The highest BCUT2D eigenvalue weighted by Gasteiger charge is 2.28. The molecule has 1 N–H and O–H groups in total. The third-order valence-electron chi connectivity index (χ3n) is 5.42. The fraction of sp³-hybridized carbons (Fsp3) is 0.0370. The van der Waals surface area contributed by atoms with Gasteiger partial charge in [-0.2, -0.15) is 5.10 Å². The van der Waals surface area contributed by atoms with E-state index in [4.69, 9.17) is 0 Å². The Morgan fingerprint density at radius 1 is 0.865 bits per heavy atom. The Hall–Kier alpha value is -4.83. The third-order valence-corrected chi connectivity index (χ3v) is 7.19. The van der Waals surface area contributed by atoms with Crippen molar-refractivity contribution in [2.24, 2.45) is 5.10 Å². The van der Waals surface area contributed by atoms with Crippen LogP contribution in [-0.4, -0.2) is 25.5 Å². The molecule has 0 aromatic heterocycles. The zero-order valence-corrected chi connectivity index (χ0v) is 20.3. The highest BCUT2D eigenvalue weighted by atomic mass is 32.2. The summed E-state index contributed by atoms with van der Waals surface area (Å²) in [7, 11) is -4.05. The second-order valence-corrected chi connectivity index (χ2v) is 9.70. The van der Waals surface area contributed by atoms with Gasteiger partial charge in [-0.3, -0.25) is 19.2 Å². The molecule has 37 heavy (non-hydrogen) atoms. The minimum atomic E-state index is -4.05. The predicted molar refractivity (Wildman–Crippen MR) is 141 cm³/mol. The molecule has 0 radical (unpaired) electrons. The number of hydrogen-bond donors (Lipinski definition) is 1. The van der Waals surface area contributed by atoms with Crippen LogP contribution in [0.15, 0.2) is 119 Å². The number of hydrazone groups is 1. The average molecular weight is 515 g/mol. The highest BCUT2D eigenvalue weighted by molar-refractivity contribution is 7.92. The minimum absolute atomic E-state index is 0.0121. The lowest BCUT2D eigenvalue weighted by molar-refractivity contribution is -0.385. The molecule has 9 nitrogen and oxygen atoms in total. The van der Waals surface area contributed by atoms with E-state index in [2.05, 4.69) is 10.5 Å². The van der Waals surface area contributed by atoms with Crippen molar-refractivity contribution in [3.8, 4) is 0 Å². The van der Waals surface area contributed by atoms with Crippen LogP contribution in [0.25, 0.3) is 0 Å². The number of carbonyl (C=O) groups excluding carboxylic acids is 1. The van der Waals surface area contributed by atoms with Gasteiger partial charge in [0.15, 0.2) is 0 Å². The molecule has 4 aromatic carbocycles. The minimum Gasteiger partial charge on any atom is -0.267 e. The van der Waals surface area contributed by atoms with Gasteiger partial charge >= 0.3 is 0 Å². The third kappa shape index (κ3) is 5.88. The van der Waals surface area contributed by atoms with Crippen LogP contribution in [-0.2, 0) is 16.6 Å². The number of nitrogens with one attached hydrogen (secondary N) is 1. The van der Waals surface area contributed by atoms with E-state index < -0.39 is 20.9 Å². The summed E-state index contributed by atoms with van der Waals surface area (Å²) >= 11 is 0. The standard InChI is InChI=1S/C27H22N4O5S/c32-27(29-28-19-22-13-7-9-17-25(22)31(33)34)24-16-8-10-18-26(24)30(20-21-11-3-1-4-12-21)37(35,36)23-14-5-2-6-15-23/h1-19H,20H2,(H,29,32)/b28-19-. The van der Waals surface area contributed by atoms with Gasteiger partial charge in [-0.05, 0) is 35.9 Å². The maximum Gasteiger partial charge on any atom is 0.278 e. The number of sulfonamides is 1. The first-order valence-corrected chi connectivity index (χ1v) is 12.6. The van der Waals surface area contributed by atoms with Crippen molar-refractivity contribution in [3.63, 3.8) is 0 Å². The van der Waals surface area contributed by atoms with Crippen LogP contribution in [0.1, 0.15) is 21.5 Å². The molecule has 0 bridgehead atoms.